The number of carbonyl (C=O) groups is 1. The summed E-state index contributed by atoms with van der Waals surface area (Å²) in [5.74, 6) is -1.26. The van der Waals surface area contributed by atoms with Gasteiger partial charge >= 0.3 is 12.3 Å². The smallest absolute Gasteiger partial charge is 0.387 e. The van der Waals surface area contributed by atoms with Crippen molar-refractivity contribution in [2.45, 2.75) is 13.5 Å². The Kier molecular flexibility index (Phi) is 4.11. The van der Waals surface area contributed by atoms with Crippen molar-refractivity contribution in [1.82, 2.24) is 0 Å². The van der Waals surface area contributed by atoms with Crippen LogP contribution in [0, 0.1) is 10.1 Å². The van der Waals surface area contributed by atoms with Gasteiger partial charge in [-0.25, -0.2) is 0 Å². The number of rotatable bonds is 4. The average molecular weight is 310 g/mol. The zero-order chi connectivity index (χ0) is 13.2. The quantitative estimate of drug-likeness (QED) is 0.486. The number of alkyl halides is 2. The number of ketones is 1. The van der Waals surface area contributed by atoms with Crippen molar-refractivity contribution in [3.63, 3.8) is 0 Å². The minimum absolute atomic E-state index is 0.151. The van der Waals surface area contributed by atoms with Crippen molar-refractivity contribution in [2.24, 2.45) is 0 Å². The van der Waals surface area contributed by atoms with E-state index in [1.54, 1.807) is 0 Å². The van der Waals surface area contributed by atoms with Gasteiger partial charge in [-0.15, -0.1) is 0 Å². The lowest BCUT2D eigenvalue weighted by atomic mass is 10.1. The molecule has 0 amide bonds. The number of carbonyl (C=O) groups excluding carboxylic acids is 1. The maximum Gasteiger partial charge on any atom is 0.387 e. The number of hydrogen-bond donors (Lipinski definition) is 0. The lowest BCUT2D eigenvalue weighted by molar-refractivity contribution is -0.386. The topological polar surface area (TPSA) is 69.4 Å². The molecule has 5 nitrogen and oxygen atoms in total. The number of nitro groups is 1. The average Bonchev–Trinajstić information content (AvgIpc) is 2.18. The number of benzene rings is 1. The lowest BCUT2D eigenvalue weighted by Gasteiger charge is -2.08. The van der Waals surface area contributed by atoms with Crippen LogP contribution in [0.4, 0.5) is 14.5 Å². The lowest BCUT2D eigenvalue weighted by Crippen LogP contribution is -2.08. The minimum Gasteiger partial charge on any atom is -0.427 e. The molecule has 0 aliphatic carbocycles. The molecule has 0 N–H and O–H groups in total. The standard InChI is InChI=1S/C9H6BrF2NO4/c1-4(14)7-5(10)2-3-6(17-9(11)12)8(7)13(15)16/h2-3,9H,1H3. The van der Waals surface area contributed by atoms with Crippen LogP contribution in [0.15, 0.2) is 16.6 Å². The Balaban J connectivity index is 3.47. The molecular formula is C9H6BrF2NO4. The van der Waals surface area contributed by atoms with Gasteiger partial charge in [0.05, 0.1) is 4.92 Å². The molecule has 0 fully saturated rings. The third-order valence-corrected chi connectivity index (χ3v) is 2.50. The highest BCUT2D eigenvalue weighted by Crippen LogP contribution is 2.36. The Morgan fingerprint density at radius 2 is 2.12 bits per heavy atom. The van der Waals surface area contributed by atoms with Crippen LogP contribution in [-0.2, 0) is 0 Å². The Hall–Kier alpha value is -1.57. The van der Waals surface area contributed by atoms with E-state index >= 15 is 0 Å². The maximum atomic E-state index is 12.1. The fraction of sp³-hybridized carbons (Fsp3) is 0.222. The third kappa shape index (κ3) is 2.96. The van der Waals surface area contributed by atoms with E-state index in [9.17, 15) is 23.7 Å². The predicted octanol–water partition coefficient (Wildman–Crippen LogP) is 3.16. The molecule has 1 aromatic carbocycles. The van der Waals surface area contributed by atoms with Crippen molar-refractivity contribution >= 4 is 27.4 Å². The highest BCUT2D eigenvalue weighted by Gasteiger charge is 2.28. The first-order valence-corrected chi connectivity index (χ1v) is 5.06. The number of ether oxygens (including phenoxy) is 1. The first-order valence-electron chi connectivity index (χ1n) is 4.27. The fourth-order valence-electron chi connectivity index (χ4n) is 1.25. The highest BCUT2D eigenvalue weighted by atomic mass is 79.9. The molecule has 0 unspecified atom stereocenters. The third-order valence-electron chi connectivity index (χ3n) is 1.84. The van der Waals surface area contributed by atoms with Gasteiger partial charge in [0.15, 0.2) is 5.78 Å². The Labute approximate surface area is 103 Å². The molecule has 8 heteroatoms. The van der Waals surface area contributed by atoms with E-state index in [0.717, 1.165) is 13.0 Å². The van der Waals surface area contributed by atoms with E-state index in [2.05, 4.69) is 20.7 Å². The van der Waals surface area contributed by atoms with Crippen molar-refractivity contribution in [3.05, 3.63) is 32.3 Å². The molecule has 0 aromatic heterocycles. The van der Waals surface area contributed by atoms with Gasteiger partial charge in [0.1, 0.15) is 5.56 Å². The summed E-state index contributed by atoms with van der Waals surface area (Å²) >= 11 is 2.95. The van der Waals surface area contributed by atoms with E-state index in [1.165, 1.54) is 6.07 Å². The monoisotopic (exact) mass is 309 g/mol. The van der Waals surface area contributed by atoms with Crippen molar-refractivity contribution in [2.75, 3.05) is 0 Å². The Morgan fingerprint density at radius 1 is 1.53 bits per heavy atom. The molecule has 92 valence electrons. The summed E-state index contributed by atoms with van der Waals surface area (Å²) < 4.78 is 28.3. The van der Waals surface area contributed by atoms with Gasteiger partial charge in [-0.3, -0.25) is 14.9 Å². The summed E-state index contributed by atoms with van der Waals surface area (Å²) in [5, 5.41) is 10.8. The van der Waals surface area contributed by atoms with Crippen molar-refractivity contribution in [3.8, 4) is 5.75 Å². The summed E-state index contributed by atoms with van der Waals surface area (Å²) in [7, 11) is 0. The predicted molar refractivity (Wildman–Crippen MR) is 57.4 cm³/mol. The summed E-state index contributed by atoms with van der Waals surface area (Å²) in [5.41, 5.74) is -1.07. The second-order valence-electron chi connectivity index (χ2n) is 2.96. The molecule has 0 aliphatic heterocycles. The number of nitrogens with zero attached hydrogens (tertiary/aromatic N) is 1. The Morgan fingerprint density at radius 3 is 2.53 bits per heavy atom. The van der Waals surface area contributed by atoms with Crippen LogP contribution in [0.3, 0.4) is 0 Å². The molecule has 0 spiro atoms. The van der Waals surface area contributed by atoms with Gasteiger partial charge in [-0.1, -0.05) is 0 Å². The van der Waals surface area contributed by atoms with Crippen LogP contribution < -0.4 is 4.74 Å². The van der Waals surface area contributed by atoms with Crippen LogP contribution in [0.25, 0.3) is 0 Å². The Bertz CT molecular complexity index is 478. The van der Waals surface area contributed by atoms with Gasteiger partial charge < -0.3 is 4.74 Å². The summed E-state index contributed by atoms with van der Waals surface area (Å²) in [6.07, 6.45) is 0. The number of nitro benzene ring substituents is 1. The largest absolute Gasteiger partial charge is 0.427 e. The normalized spacial score (nSPS) is 10.4. The van der Waals surface area contributed by atoms with E-state index in [0.29, 0.717) is 0 Å². The number of Topliss-reactive ketones (excluding diaryl/α,β-unsaturated/α-hetero) is 1. The summed E-state index contributed by atoms with van der Waals surface area (Å²) in [6.45, 7) is -2.10. The van der Waals surface area contributed by atoms with E-state index in [4.69, 9.17) is 0 Å². The zero-order valence-electron chi connectivity index (χ0n) is 8.45. The molecule has 0 saturated heterocycles. The summed E-state index contributed by atoms with van der Waals surface area (Å²) in [4.78, 5) is 21.1. The molecule has 0 aliphatic rings. The van der Waals surface area contributed by atoms with E-state index in [-0.39, 0.29) is 10.0 Å². The minimum atomic E-state index is -3.20. The van der Waals surface area contributed by atoms with Crippen molar-refractivity contribution < 1.29 is 23.2 Å². The van der Waals surface area contributed by atoms with Gasteiger partial charge in [-0.2, -0.15) is 8.78 Å². The second-order valence-corrected chi connectivity index (χ2v) is 3.82. The molecule has 0 atom stereocenters. The van der Waals surface area contributed by atoms with Gasteiger partial charge in [-0.05, 0) is 35.0 Å². The molecule has 17 heavy (non-hydrogen) atoms. The van der Waals surface area contributed by atoms with E-state index in [1.807, 2.05) is 0 Å². The van der Waals surface area contributed by atoms with E-state index < -0.39 is 28.8 Å². The van der Waals surface area contributed by atoms with Crippen molar-refractivity contribution in [1.29, 1.82) is 0 Å². The molecule has 0 heterocycles. The van der Waals surface area contributed by atoms with Gasteiger partial charge in [0.25, 0.3) is 0 Å². The SMILES string of the molecule is CC(=O)c1c(Br)ccc(OC(F)F)c1[N+](=O)[O-]. The molecule has 1 aromatic rings. The first-order chi connectivity index (χ1) is 7.84. The summed E-state index contributed by atoms with van der Waals surface area (Å²) in [6, 6.07) is 2.24. The molecule has 1 rings (SSSR count). The zero-order valence-corrected chi connectivity index (χ0v) is 10.0. The van der Waals surface area contributed by atoms with Crippen LogP contribution in [0.5, 0.6) is 5.75 Å². The maximum absolute atomic E-state index is 12.1. The first kappa shape index (κ1) is 13.5. The van der Waals surface area contributed by atoms with Crippen LogP contribution in [0.1, 0.15) is 17.3 Å². The van der Waals surface area contributed by atoms with Crippen LogP contribution in [0.2, 0.25) is 0 Å². The second kappa shape index (κ2) is 5.17. The molecular weight excluding hydrogens is 304 g/mol. The molecule has 0 saturated carbocycles. The fourth-order valence-corrected chi connectivity index (χ4v) is 1.85. The molecule has 0 bridgehead atoms. The number of hydrogen-bond acceptors (Lipinski definition) is 4. The van der Waals surface area contributed by atoms with Crippen LogP contribution in [-0.4, -0.2) is 17.3 Å². The van der Waals surface area contributed by atoms with Crippen LogP contribution >= 0.6 is 15.9 Å². The highest BCUT2D eigenvalue weighted by molar-refractivity contribution is 9.10. The van der Waals surface area contributed by atoms with Gasteiger partial charge in [0, 0.05) is 4.47 Å². The number of halogens is 3. The van der Waals surface area contributed by atoms with Gasteiger partial charge in [0.2, 0.25) is 5.75 Å². The molecule has 0 radical (unpaired) electrons.